The summed E-state index contributed by atoms with van der Waals surface area (Å²) in [4.78, 5) is 0. The van der Waals surface area contributed by atoms with Crippen molar-refractivity contribution in [2.24, 2.45) is 0 Å². The summed E-state index contributed by atoms with van der Waals surface area (Å²) in [5.41, 5.74) is 0. The fraction of sp³-hybridized carbons (Fsp3) is 1.00. The van der Waals surface area contributed by atoms with Crippen LogP contribution in [-0.2, 0) is 9.47 Å². The van der Waals surface area contributed by atoms with E-state index in [0.717, 1.165) is 32.7 Å². The number of thioether (sulfide) groups is 1. The molecule has 0 spiro atoms. The van der Waals surface area contributed by atoms with Crippen LogP contribution < -0.4 is 0 Å². The lowest BCUT2D eigenvalue weighted by Crippen LogP contribution is -2.20. The summed E-state index contributed by atoms with van der Waals surface area (Å²) >= 11 is 2.09. The summed E-state index contributed by atoms with van der Waals surface area (Å²) in [5, 5.41) is 0. The van der Waals surface area contributed by atoms with Gasteiger partial charge in [0.15, 0.2) is 0 Å². The fourth-order valence-electron chi connectivity index (χ4n) is 3.21. The maximum atomic E-state index is 5.83. The Morgan fingerprint density at radius 3 is 1.70 bits per heavy atom. The van der Waals surface area contributed by atoms with E-state index < -0.39 is 0 Å². The first-order valence-electron chi connectivity index (χ1n) is 12.1. The molecule has 3 heteroatoms. The van der Waals surface area contributed by atoms with Crippen molar-refractivity contribution in [1.82, 2.24) is 0 Å². The molecule has 0 aromatic heterocycles. The lowest BCUT2D eigenvalue weighted by Gasteiger charge is -2.16. The van der Waals surface area contributed by atoms with Gasteiger partial charge in [0.2, 0.25) is 0 Å². The standard InChI is InChI=1S/C24H50O2S/c1-4-7-21-26-24(5-2)23-25-20-18-16-14-12-10-8-9-11-13-15-17-19-22-27-6-3/h24H,4-23H2,1-3H3. The van der Waals surface area contributed by atoms with E-state index in [-0.39, 0.29) is 0 Å². The smallest absolute Gasteiger partial charge is 0.0805 e. The molecule has 0 fully saturated rings. The molecule has 0 aromatic carbocycles. The highest BCUT2D eigenvalue weighted by atomic mass is 32.2. The second-order valence-electron chi connectivity index (χ2n) is 7.77. The average Bonchev–Trinajstić information content (AvgIpc) is 2.69. The highest BCUT2D eigenvalue weighted by Gasteiger charge is 2.05. The van der Waals surface area contributed by atoms with E-state index in [1.165, 1.54) is 95.0 Å². The van der Waals surface area contributed by atoms with Crippen LogP contribution in [0.5, 0.6) is 0 Å². The Morgan fingerprint density at radius 1 is 0.630 bits per heavy atom. The van der Waals surface area contributed by atoms with E-state index in [0.29, 0.717) is 6.10 Å². The first-order valence-corrected chi connectivity index (χ1v) is 13.3. The zero-order chi connectivity index (χ0) is 19.8. The van der Waals surface area contributed by atoms with Gasteiger partial charge in [0.05, 0.1) is 12.7 Å². The molecule has 0 saturated heterocycles. The average molecular weight is 403 g/mol. The monoisotopic (exact) mass is 402 g/mol. The third-order valence-corrected chi connectivity index (χ3v) is 6.13. The molecule has 0 aliphatic carbocycles. The quantitative estimate of drug-likeness (QED) is 0.161. The molecule has 1 atom stereocenters. The first kappa shape index (κ1) is 27.3. The molecule has 0 amide bonds. The molecule has 2 nitrogen and oxygen atoms in total. The Bertz CT molecular complexity index is 261. The van der Waals surface area contributed by atoms with E-state index in [4.69, 9.17) is 9.47 Å². The van der Waals surface area contributed by atoms with Crippen molar-refractivity contribution < 1.29 is 9.47 Å². The zero-order valence-electron chi connectivity index (χ0n) is 18.9. The minimum atomic E-state index is 0.298. The van der Waals surface area contributed by atoms with Crippen LogP contribution in [0.2, 0.25) is 0 Å². The Hall–Kier alpha value is 0.270. The number of ether oxygens (including phenoxy) is 2. The molecular weight excluding hydrogens is 352 g/mol. The van der Waals surface area contributed by atoms with E-state index in [1.54, 1.807) is 0 Å². The van der Waals surface area contributed by atoms with Crippen LogP contribution in [0, 0.1) is 0 Å². The Morgan fingerprint density at radius 2 is 1.19 bits per heavy atom. The molecular formula is C24H50O2S. The van der Waals surface area contributed by atoms with Gasteiger partial charge in [-0.05, 0) is 37.2 Å². The van der Waals surface area contributed by atoms with Crippen molar-refractivity contribution in [3.63, 3.8) is 0 Å². The van der Waals surface area contributed by atoms with Crippen LogP contribution in [0.1, 0.15) is 117 Å². The summed E-state index contributed by atoms with van der Waals surface area (Å²) < 4.78 is 11.6. The molecule has 0 bridgehead atoms. The van der Waals surface area contributed by atoms with Gasteiger partial charge in [0.1, 0.15) is 0 Å². The van der Waals surface area contributed by atoms with Gasteiger partial charge in [0.25, 0.3) is 0 Å². The van der Waals surface area contributed by atoms with Crippen LogP contribution in [0.25, 0.3) is 0 Å². The van der Waals surface area contributed by atoms with Gasteiger partial charge < -0.3 is 9.47 Å². The van der Waals surface area contributed by atoms with Gasteiger partial charge in [0, 0.05) is 13.2 Å². The molecule has 0 radical (unpaired) electrons. The molecule has 0 rings (SSSR count). The van der Waals surface area contributed by atoms with Crippen molar-refractivity contribution in [2.75, 3.05) is 31.3 Å². The van der Waals surface area contributed by atoms with E-state index in [9.17, 15) is 0 Å². The van der Waals surface area contributed by atoms with Gasteiger partial charge in [-0.3, -0.25) is 0 Å². The Balaban J connectivity index is 3.14. The molecule has 0 heterocycles. The van der Waals surface area contributed by atoms with Crippen LogP contribution in [-0.4, -0.2) is 37.4 Å². The number of unbranched alkanes of at least 4 members (excludes halogenated alkanes) is 12. The maximum Gasteiger partial charge on any atom is 0.0805 e. The van der Waals surface area contributed by atoms with Crippen molar-refractivity contribution in [1.29, 1.82) is 0 Å². The summed E-state index contributed by atoms with van der Waals surface area (Å²) in [6, 6.07) is 0. The maximum absolute atomic E-state index is 5.83. The van der Waals surface area contributed by atoms with Crippen molar-refractivity contribution in [2.45, 2.75) is 123 Å². The second-order valence-corrected chi connectivity index (χ2v) is 9.16. The van der Waals surface area contributed by atoms with E-state index in [2.05, 4.69) is 32.5 Å². The number of hydrogen-bond donors (Lipinski definition) is 0. The van der Waals surface area contributed by atoms with Crippen LogP contribution in [0.15, 0.2) is 0 Å². The van der Waals surface area contributed by atoms with E-state index in [1.807, 2.05) is 0 Å². The number of rotatable bonds is 23. The first-order chi connectivity index (χ1) is 13.3. The Kier molecular flexibility index (Phi) is 24.6. The van der Waals surface area contributed by atoms with Gasteiger partial charge >= 0.3 is 0 Å². The minimum Gasteiger partial charge on any atom is -0.379 e. The predicted octanol–water partition coefficient (Wildman–Crippen LogP) is 8.03. The molecule has 164 valence electrons. The summed E-state index contributed by atoms with van der Waals surface area (Å²) in [7, 11) is 0. The molecule has 0 aliphatic rings. The third-order valence-electron chi connectivity index (χ3n) is 5.14. The molecule has 27 heavy (non-hydrogen) atoms. The zero-order valence-corrected chi connectivity index (χ0v) is 19.8. The second kappa shape index (κ2) is 24.3. The fourth-order valence-corrected chi connectivity index (χ4v) is 3.91. The molecule has 0 saturated carbocycles. The molecule has 0 N–H and O–H groups in total. The third kappa shape index (κ3) is 22.4. The van der Waals surface area contributed by atoms with Crippen molar-refractivity contribution in [3.8, 4) is 0 Å². The molecule has 0 aromatic rings. The van der Waals surface area contributed by atoms with Crippen LogP contribution >= 0.6 is 11.8 Å². The normalized spacial score (nSPS) is 12.6. The Labute approximate surface area is 175 Å². The van der Waals surface area contributed by atoms with Gasteiger partial charge in [-0.1, -0.05) is 91.4 Å². The molecule has 0 aliphatic heterocycles. The lowest BCUT2D eigenvalue weighted by molar-refractivity contribution is -0.0197. The molecule has 1 unspecified atom stereocenters. The van der Waals surface area contributed by atoms with Crippen LogP contribution in [0.4, 0.5) is 0 Å². The van der Waals surface area contributed by atoms with Gasteiger partial charge in [-0.15, -0.1) is 0 Å². The largest absolute Gasteiger partial charge is 0.379 e. The lowest BCUT2D eigenvalue weighted by atomic mass is 10.1. The topological polar surface area (TPSA) is 18.5 Å². The SMILES string of the molecule is CCCCOC(CC)COCCCCCCCCCCCCCCSCC. The highest BCUT2D eigenvalue weighted by Crippen LogP contribution is 2.13. The summed E-state index contributed by atoms with van der Waals surface area (Å²) in [6.45, 7) is 9.22. The van der Waals surface area contributed by atoms with Gasteiger partial charge in [-0.2, -0.15) is 11.8 Å². The minimum absolute atomic E-state index is 0.298. The van der Waals surface area contributed by atoms with Crippen LogP contribution in [0.3, 0.4) is 0 Å². The van der Waals surface area contributed by atoms with Crippen molar-refractivity contribution >= 4 is 11.8 Å². The summed E-state index contributed by atoms with van der Waals surface area (Å²) in [6.07, 6.45) is 20.6. The number of hydrogen-bond acceptors (Lipinski definition) is 3. The predicted molar refractivity (Wildman–Crippen MR) is 124 cm³/mol. The summed E-state index contributed by atoms with van der Waals surface area (Å²) in [5.74, 6) is 2.65. The van der Waals surface area contributed by atoms with Crippen molar-refractivity contribution in [3.05, 3.63) is 0 Å². The van der Waals surface area contributed by atoms with Gasteiger partial charge in [-0.25, -0.2) is 0 Å². The highest BCUT2D eigenvalue weighted by molar-refractivity contribution is 7.99. The van der Waals surface area contributed by atoms with E-state index >= 15 is 0 Å².